The van der Waals surface area contributed by atoms with E-state index in [1.54, 1.807) is 0 Å². The summed E-state index contributed by atoms with van der Waals surface area (Å²) in [6.45, 7) is 0. The van der Waals surface area contributed by atoms with Crippen LogP contribution in [-0.4, -0.2) is 21.1 Å². The molecule has 1 rings (SSSR count). The van der Waals surface area contributed by atoms with Crippen LogP contribution >= 0.6 is 47.8 Å². The molecule has 2 unspecified atom stereocenters. The van der Waals surface area contributed by atoms with E-state index in [9.17, 15) is 17.6 Å². The molecule has 0 aromatic heterocycles. The smallest absolute Gasteiger partial charge is 0.322 e. The third-order valence-corrected chi connectivity index (χ3v) is 4.35. The van der Waals surface area contributed by atoms with Crippen LogP contribution in [0.25, 0.3) is 0 Å². The largest absolute Gasteiger partial charge is 0.426 e. The minimum absolute atomic E-state index is 0.0256. The minimum atomic E-state index is -4.96. The first-order valence-electron chi connectivity index (χ1n) is 3.77. The number of hydrogen-bond donors (Lipinski definition) is 1. The second kappa shape index (κ2) is 3.96. The lowest BCUT2D eigenvalue weighted by Gasteiger charge is -2.39. The maximum absolute atomic E-state index is 13.7. The van der Waals surface area contributed by atoms with E-state index in [2.05, 4.69) is 47.8 Å². The second-order valence-electron chi connectivity index (χ2n) is 3.30. The van der Waals surface area contributed by atoms with Gasteiger partial charge >= 0.3 is 6.18 Å². The molecule has 1 aliphatic rings. The lowest BCUT2D eigenvalue weighted by molar-refractivity contribution is -0.215. The molecule has 0 aromatic carbocycles. The van der Waals surface area contributed by atoms with Gasteiger partial charge in [0, 0.05) is 10.9 Å². The third kappa shape index (κ3) is 2.58. The summed E-state index contributed by atoms with van der Waals surface area (Å²) in [5, 5.41) is 0. The van der Waals surface area contributed by atoms with Crippen LogP contribution in [0.3, 0.4) is 0 Å². The number of alkyl halides is 6. The normalized spacial score (nSPS) is 36.3. The summed E-state index contributed by atoms with van der Waals surface area (Å²) < 4.78 is 49.7. The van der Waals surface area contributed by atoms with Gasteiger partial charge in [-0.1, -0.05) is 47.8 Å². The average Bonchev–Trinajstić information content (AvgIpc) is 1.97. The summed E-state index contributed by atoms with van der Waals surface area (Å²) in [5.41, 5.74) is 2.20. The van der Waals surface area contributed by atoms with Crippen LogP contribution in [-0.2, 0) is 0 Å². The van der Waals surface area contributed by atoms with Crippen LogP contribution in [0.1, 0.15) is 6.42 Å². The van der Waals surface area contributed by atoms with Crippen molar-refractivity contribution < 1.29 is 17.6 Å². The third-order valence-electron chi connectivity index (χ3n) is 2.08. The van der Waals surface area contributed by atoms with Gasteiger partial charge in [0.1, 0.15) is 3.23 Å². The van der Waals surface area contributed by atoms with Crippen molar-refractivity contribution in [2.24, 2.45) is 5.73 Å². The van der Waals surface area contributed by atoms with Crippen LogP contribution in [0, 0.1) is 0 Å². The molecule has 0 aliphatic heterocycles. The van der Waals surface area contributed by atoms with Crippen molar-refractivity contribution in [1.82, 2.24) is 0 Å². The van der Waals surface area contributed by atoms with Crippen LogP contribution in [0.2, 0.25) is 0 Å². The molecule has 0 radical (unpaired) electrons. The Bertz CT molecular complexity index is 301. The Morgan fingerprint density at radius 3 is 2.20 bits per heavy atom. The molecule has 1 nitrogen and oxygen atoms in total. The predicted octanol–water partition coefficient (Wildman–Crippen LogP) is 3.75. The lowest BCUT2D eigenvalue weighted by Crippen LogP contribution is -2.53. The van der Waals surface area contributed by atoms with Gasteiger partial charge < -0.3 is 5.73 Å². The molecule has 8 heteroatoms. The molecule has 1 aliphatic carbocycles. The Morgan fingerprint density at radius 1 is 1.40 bits per heavy atom. The van der Waals surface area contributed by atoms with Gasteiger partial charge in [-0.25, -0.2) is 4.39 Å². The SMILES string of the molecule is NC1C(Br)=CC(F)(C(F)(F)F)CC1(Br)Br. The van der Waals surface area contributed by atoms with Crippen molar-refractivity contribution >= 4 is 47.8 Å². The predicted molar refractivity (Wildman–Crippen MR) is 60.1 cm³/mol. The molecular weight excluding hydrogens is 414 g/mol. The van der Waals surface area contributed by atoms with Gasteiger partial charge in [0.2, 0.25) is 5.67 Å². The van der Waals surface area contributed by atoms with Crippen LogP contribution in [0.5, 0.6) is 0 Å². The highest BCUT2D eigenvalue weighted by Gasteiger charge is 2.61. The molecule has 0 heterocycles. The van der Waals surface area contributed by atoms with Crippen molar-refractivity contribution in [2.75, 3.05) is 0 Å². The van der Waals surface area contributed by atoms with E-state index in [0.717, 1.165) is 0 Å². The molecule has 0 bridgehead atoms. The monoisotopic (exact) mass is 417 g/mol. The Morgan fingerprint density at radius 2 is 1.87 bits per heavy atom. The molecule has 15 heavy (non-hydrogen) atoms. The van der Waals surface area contributed by atoms with Crippen molar-refractivity contribution in [3.05, 3.63) is 10.6 Å². The summed E-state index contributed by atoms with van der Waals surface area (Å²) in [7, 11) is 0. The number of allylic oxidation sites excluding steroid dienone is 1. The van der Waals surface area contributed by atoms with E-state index >= 15 is 0 Å². The molecule has 0 aromatic rings. The average molecular weight is 420 g/mol. The highest BCUT2D eigenvalue weighted by molar-refractivity contribution is 9.25. The zero-order valence-electron chi connectivity index (χ0n) is 7.08. The molecule has 0 fully saturated rings. The first-order valence-corrected chi connectivity index (χ1v) is 6.15. The van der Waals surface area contributed by atoms with Crippen molar-refractivity contribution in [1.29, 1.82) is 0 Å². The molecule has 88 valence electrons. The van der Waals surface area contributed by atoms with Crippen LogP contribution < -0.4 is 5.73 Å². The van der Waals surface area contributed by atoms with Gasteiger partial charge in [-0.3, -0.25) is 0 Å². The highest BCUT2D eigenvalue weighted by atomic mass is 79.9. The fourth-order valence-corrected chi connectivity index (χ4v) is 3.87. The topological polar surface area (TPSA) is 26.0 Å². The van der Waals surface area contributed by atoms with E-state index in [4.69, 9.17) is 5.73 Å². The number of halogens is 7. The number of hydrogen-bond acceptors (Lipinski definition) is 1. The number of rotatable bonds is 0. The van der Waals surface area contributed by atoms with Crippen molar-refractivity contribution in [3.63, 3.8) is 0 Å². The Labute approximate surface area is 109 Å². The van der Waals surface area contributed by atoms with E-state index < -0.39 is 27.5 Å². The van der Waals surface area contributed by atoms with E-state index in [1.807, 2.05) is 0 Å². The summed E-state index contributed by atoms with van der Waals surface area (Å²) in [5.74, 6) is 0. The van der Waals surface area contributed by atoms with Crippen molar-refractivity contribution in [2.45, 2.75) is 27.5 Å². The molecule has 0 spiro atoms. The zero-order chi connectivity index (χ0) is 12.1. The van der Waals surface area contributed by atoms with E-state index in [1.165, 1.54) is 0 Å². The Balaban J connectivity index is 3.18. The molecule has 0 amide bonds. The summed E-state index contributed by atoms with van der Waals surface area (Å²) in [4.78, 5) is 0. The Hall–Kier alpha value is 0.860. The minimum Gasteiger partial charge on any atom is -0.322 e. The molecular formula is C7H6Br3F4N. The lowest BCUT2D eigenvalue weighted by atomic mass is 9.89. The first kappa shape index (κ1) is 13.9. The van der Waals surface area contributed by atoms with E-state index in [0.29, 0.717) is 6.08 Å². The maximum Gasteiger partial charge on any atom is 0.426 e. The zero-order valence-corrected chi connectivity index (χ0v) is 11.8. The molecule has 0 saturated heterocycles. The Kier molecular flexibility index (Phi) is 3.67. The van der Waals surface area contributed by atoms with Gasteiger partial charge in [-0.2, -0.15) is 13.2 Å². The first-order chi connectivity index (χ1) is 6.50. The molecule has 2 N–H and O–H groups in total. The van der Waals surface area contributed by atoms with E-state index in [-0.39, 0.29) is 4.48 Å². The van der Waals surface area contributed by atoms with Gasteiger partial charge in [-0.05, 0) is 6.08 Å². The summed E-state index contributed by atoms with van der Waals surface area (Å²) in [6, 6.07) is -0.774. The summed E-state index contributed by atoms with van der Waals surface area (Å²) >= 11 is 8.73. The van der Waals surface area contributed by atoms with Crippen LogP contribution in [0.15, 0.2) is 10.6 Å². The van der Waals surface area contributed by atoms with Crippen molar-refractivity contribution in [3.8, 4) is 0 Å². The second-order valence-corrected chi connectivity index (χ2v) is 8.11. The van der Waals surface area contributed by atoms with Gasteiger partial charge in [0.25, 0.3) is 0 Å². The highest BCUT2D eigenvalue weighted by Crippen LogP contribution is 2.52. The van der Waals surface area contributed by atoms with Gasteiger partial charge in [0.05, 0.1) is 6.04 Å². The molecule has 0 saturated carbocycles. The van der Waals surface area contributed by atoms with Gasteiger partial charge in [-0.15, -0.1) is 0 Å². The fourth-order valence-electron chi connectivity index (χ4n) is 1.20. The fraction of sp³-hybridized carbons (Fsp3) is 0.714. The van der Waals surface area contributed by atoms with Gasteiger partial charge in [0.15, 0.2) is 0 Å². The quantitative estimate of drug-likeness (QED) is 0.469. The summed E-state index contributed by atoms with van der Waals surface area (Å²) in [6.07, 6.45) is -5.31. The standard InChI is InChI=1S/C7H6Br3F4N/c8-3-1-5(11,7(12,13)14)2-6(9,10)4(3)15/h1,4H,2,15H2. The number of nitrogens with two attached hydrogens (primary N) is 1. The molecule has 2 atom stereocenters. The van der Waals surface area contributed by atoms with Crippen LogP contribution in [0.4, 0.5) is 17.6 Å². The maximum atomic E-state index is 13.7.